The standard InChI is InChI=1S/C11H12FNOS/c12-7-3-4-9(13)8(6-7)11(14)10-2-1-5-15-10/h3-4,6,10H,1-2,5,13H2. The molecule has 15 heavy (non-hydrogen) atoms. The van der Waals surface area contributed by atoms with E-state index in [9.17, 15) is 9.18 Å². The molecule has 1 aromatic rings. The number of halogens is 1. The molecule has 1 unspecified atom stereocenters. The summed E-state index contributed by atoms with van der Waals surface area (Å²) in [6.45, 7) is 0. The molecule has 1 saturated heterocycles. The molecular weight excluding hydrogens is 213 g/mol. The molecule has 0 amide bonds. The van der Waals surface area contributed by atoms with Gasteiger partial charge >= 0.3 is 0 Å². The van der Waals surface area contributed by atoms with Crippen LogP contribution in [0.25, 0.3) is 0 Å². The molecule has 0 radical (unpaired) electrons. The second-order valence-corrected chi connectivity index (χ2v) is 4.91. The number of nitrogens with two attached hydrogens (primary N) is 1. The van der Waals surface area contributed by atoms with E-state index in [0.29, 0.717) is 11.3 Å². The van der Waals surface area contributed by atoms with Crippen molar-refractivity contribution < 1.29 is 9.18 Å². The van der Waals surface area contributed by atoms with Crippen molar-refractivity contribution in [1.82, 2.24) is 0 Å². The first-order valence-corrected chi connectivity index (χ1v) is 5.94. The largest absolute Gasteiger partial charge is 0.398 e. The Kier molecular flexibility index (Phi) is 2.95. The maximum atomic E-state index is 13.0. The summed E-state index contributed by atoms with van der Waals surface area (Å²) in [5.41, 5.74) is 6.36. The van der Waals surface area contributed by atoms with Crippen molar-refractivity contribution in [2.45, 2.75) is 18.1 Å². The summed E-state index contributed by atoms with van der Waals surface area (Å²) >= 11 is 1.63. The van der Waals surface area contributed by atoms with Crippen LogP contribution in [0, 0.1) is 5.82 Å². The van der Waals surface area contributed by atoms with Crippen LogP contribution < -0.4 is 5.73 Å². The van der Waals surface area contributed by atoms with Crippen LogP contribution in [0.4, 0.5) is 10.1 Å². The Morgan fingerprint density at radius 2 is 2.33 bits per heavy atom. The molecule has 0 spiro atoms. The average Bonchev–Trinajstić information content (AvgIpc) is 2.74. The number of nitrogen functional groups attached to an aromatic ring is 1. The zero-order valence-electron chi connectivity index (χ0n) is 8.20. The molecule has 0 aromatic heterocycles. The lowest BCUT2D eigenvalue weighted by Gasteiger charge is -2.09. The van der Waals surface area contributed by atoms with Crippen LogP contribution in [0.15, 0.2) is 18.2 Å². The fourth-order valence-corrected chi connectivity index (χ4v) is 2.93. The van der Waals surface area contributed by atoms with Crippen LogP contribution in [-0.4, -0.2) is 16.8 Å². The number of anilines is 1. The van der Waals surface area contributed by atoms with Gasteiger partial charge in [0.1, 0.15) is 5.82 Å². The molecule has 1 aliphatic heterocycles. The zero-order chi connectivity index (χ0) is 10.8. The maximum absolute atomic E-state index is 13.0. The van der Waals surface area contributed by atoms with Gasteiger partial charge in [-0.1, -0.05) is 0 Å². The van der Waals surface area contributed by atoms with Gasteiger partial charge in [-0.15, -0.1) is 0 Å². The SMILES string of the molecule is Nc1ccc(F)cc1C(=O)C1CCCS1. The predicted molar refractivity (Wildman–Crippen MR) is 60.6 cm³/mol. The van der Waals surface area contributed by atoms with Gasteiger partial charge in [-0.25, -0.2) is 4.39 Å². The van der Waals surface area contributed by atoms with Gasteiger partial charge in [-0.2, -0.15) is 11.8 Å². The summed E-state index contributed by atoms with van der Waals surface area (Å²) in [6.07, 6.45) is 1.93. The van der Waals surface area contributed by atoms with Crippen molar-refractivity contribution in [1.29, 1.82) is 0 Å². The molecule has 2 nitrogen and oxygen atoms in total. The summed E-state index contributed by atoms with van der Waals surface area (Å²) in [5, 5.41) is -0.0332. The van der Waals surface area contributed by atoms with Crippen LogP contribution in [0.2, 0.25) is 0 Å². The van der Waals surface area contributed by atoms with Crippen LogP contribution >= 0.6 is 11.8 Å². The Balaban J connectivity index is 2.27. The van der Waals surface area contributed by atoms with Crippen LogP contribution in [0.3, 0.4) is 0 Å². The highest BCUT2D eigenvalue weighted by Gasteiger charge is 2.25. The van der Waals surface area contributed by atoms with E-state index in [-0.39, 0.29) is 11.0 Å². The topological polar surface area (TPSA) is 43.1 Å². The molecule has 1 heterocycles. The van der Waals surface area contributed by atoms with E-state index in [0.717, 1.165) is 18.6 Å². The molecule has 1 fully saturated rings. The third kappa shape index (κ3) is 2.15. The molecule has 1 aliphatic rings. The Hall–Kier alpha value is -1.03. The van der Waals surface area contributed by atoms with Crippen molar-refractivity contribution in [3.05, 3.63) is 29.6 Å². The van der Waals surface area contributed by atoms with Gasteiger partial charge in [0.2, 0.25) is 0 Å². The number of hydrogen-bond donors (Lipinski definition) is 1. The highest BCUT2D eigenvalue weighted by Crippen LogP contribution is 2.30. The Bertz CT molecular complexity index is 388. The minimum Gasteiger partial charge on any atom is -0.398 e. The van der Waals surface area contributed by atoms with Crippen molar-refractivity contribution >= 4 is 23.2 Å². The number of thioether (sulfide) groups is 1. The summed E-state index contributed by atoms with van der Waals surface area (Å²) in [7, 11) is 0. The normalized spacial score (nSPS) is 20.5. The average molecular weight is 225 g/mol. The lowest BCUT2D eigenvalue weighted by molar-refractivity contribution is 0.0989. The predicted octanol–water partition coefficient (Wildman–Crippen LogP) is 2.49. The molecule has 1 atom stereocenters. The Morgan fingerprint density at radius 3 is 3.00 bits per heavy atom. The van der Waals surface area contributed by atoms with Crippen molar-refractivity contribution in [2.24, 2.45) is 0 Å². The quantitative estimate of drug-likeness (QED) is 0.621. The molecule has 1 aromatic carbocycles. The van der Waals surface area contributed by atoms with E-state index in [4.69, 9.17) is 5.73 Å². The van der Waals surface area contributed by atoms with Gasteiger partial charge in [0.15, 0.2) is 5.78 Å². The highest BCUT2D eigenvalue weighted by molar-refractivity contribution is 8.00. The third-order valence-electron chi connectivity index (χ3n) is 2.50. The van der Waals surface area contributed by atoms with Crippen LogP contribution in [0.1, 0.15) is 23.2 Å². The zero-order valence-corrected chi connectivity index (χ0v) is 9.02. The van der Waals surface area contributed by atoms with Crippen LogP contribution in [-0.2, 0) is 0 Å². The number of ketones is 1. The van der Waals surface area contributed by atoms with Gasteiger partial charge in [0.25, 0.3) is 0 Å². The van der Waals surface area contributed by atoms with Crippen molar-refractivity contribution in [3.63, 3.8) is 0 Å². The van der Waals surface area contributed by atoms with E-state index in [1.807, 2.05) is 0 Å². The molecule has 2 rings (SSSR count). The fraction of sp³-hybridized carbons (Fsp3) is 0.364. The monoisotopic (exact) mass is 225 g/mol. The van der Waals surface area contributed by atoms with Gasteiger partial charge in [0, 0.05) is 11.3 Å². The van der Waals surface area contributed by atoms with Crippen molar-refractivity contribution in [2.75, 3.05) is 11.5 Å². The number of carbonyl (C=O) groups is 1. The first kappa shape index (κ1) is 10.5. The summed E-state index contributed by atoms with van der Waals surface area (Å²) in [5.74, 6) is 0.566. The first-order valence-electron chi connectivity index (χ1n) is 4.89. The van der Waals surface area contributed by atoms with E-state index >= 15 is 0 Å². The summed E-state index contributed by atoms with van der Waals surface area (Å²) < 4.78 is 13.0. The second kappa shape index (κ2) is 4.23. The number of rotatable bonds is 2. The highest BCUT2D eigenvalue weighted by atomic mass is 32.2. The van der Waals surface area contributed by atoms with Gasteiger partial charge in [0.05, 0.1) is 5.25 Å². The summed E-state index contributed by atoms with van der Waals surface area (Å²) in [6, 6.07) is 3.95. The number of carbonyl (C=O) groups excluding carboxylic acids is 1. The van der Waals surface area contributed by atoms with E-state index < -0.39 is 5.82 Å². The molecule has 2 N–H and O–H groups in total. The molecule has 80 valence electrons. The Morgan fingerprint density at radius 1 is 1.53 bits per heavy atom. The van der Waals surface area contributed by atoms with Crippen molar-refractivity contribution in [3.8, 4) is 0 Å². The molecule has 0 saturated carbocycles. The van der Waals surface area contributed by atoms with Gasteiger partial charge in [-0.05, 0) is 36.8 Å². The number of Topliss-reactive ketones (excluding diaryl/α,β-unsaturated/α-hetero) is 1. The molecule has 0 aliphatic carbocycles. The number of hydrogen-bond acceptors (Lipinski definition) is 3. The summed E-state index contributed by atoms with van der Waals surface area (Å²) in [4.78, 5) is 12.0. The maximum Gasteiger partial charge on any atom is 0.177 e. The minimum absolute atomic E-state index is 0.0329. The van der Waals surface area contributed by atoms with E-state index in [1.54, 1.807) is 11.8 Å². The lowest BCUT2D eigenvalue weighted by Crippen LogP contribution is -2.16. The smallest absolute Gasteiger partial charge is 0.177 e. The number of benzene rings is 1. The van der Waals surface area contributed by atoms with Gasteiger partial charge in [-0.3, -0.25) is 4.79 Å². The van der Waals surface area contributed by atoms with Gasteiger partial charge < -0.3 is 5.73 Å². The van der Waals surface area contributed by atoms with E-state index in [1.165, 1.54) is 18.2 Å². The molecular formula is C11H12FNOS. The van der Waals surface area contributed by atoms with Crippen LogP contribution in [0.5, 0.6) is 0 Å². The fourth-order valence-electron chi connectivity index (χ4n) is 1.70. The minimum atomic E-state index is -0.407. The molecule has 0 bridgehead atoms. The Labute approximate surface area is 92.0 Å². The second-order valence-electron chi connectivity index (χ2n) is 3.60. The molecule has 4 heteroatoms. The third-order valence-corrected chi connectivity index (χ3v) is 3.88. The van der Waals surface area contributed by atoms with E-state index in [2.05, 4.69) is 0 Å². The first-order chi connectivity index (χ1) is 7.18. The lowest BCUT2D eigenvalue weighted by atomic mass is 10.0.